The minimum atomic E-state index is -1.60. The zero-order valence-corrected chi connectivity index (χ0v) is 25.5. The molecule has 3 heterocycles. The largest absolute Gasteiger partial charge is 0.491 e. The van der Waals surface area contributed by atoms with Crippen LogP contribution in [0.15, 0.2) is 122 Å². The molecule has 0 bridgehead atoms. The van der Waals surface area contributed by atoms with E-state index in [1.807, 2.05) is 95.9 Å². The van der Waals surface area contributed by atoms with Gasteiger partial charge in [0, 0.05) is 5.69 Å². The Morgan fingerprint density at radius 3 is 2.30 bits per heavy atom. The molecule has 9 heteroatoms. The Balaban J connectivity index is 1.54. The van der Waals surface area contributed by atoms with E-state index in [0.717, 1.165) is 11.1 Å². The number of esters is 2. The first-order valence-corrected chi connectivity index (χ1v) is 15.6. The number of rotatable bonds is 9. The number of cyclic esters (lactones) is 1. The third kappa shape index (κ3) is 4.90. The summed E-state index contributed by atoms with van der Waals surface area (Å²) in [6.07, 6.45) is 0.690. The van der Waals surface area contributed by atoms with E-state index >= 15 is 0 Å². The summed E-state index contributed by atoms with van der Waals surface area (Å²) >= 11 is 0. The number of amides is 1. The lowest BCUT2D eigenvalue weighted by molar-refractivity contribution is -0.180. The van der Waals surface area contributed by atoms with E-state index in [4.69, 9.17) is 14.2 Å². The number of aliphatic hydroxyl groups excluding tert-OH is 1. The summed E-state index contributed by atoms with van der Waals surface area (Å²) in [5.74, 6) is -2.56. The molecule has 9 nitrogen and oxygen atoms in total. The van der Waals surface area contributed by atoms with Gasteiger partial charge in [-0.1, -0.05) is 104 Å². The molecule has 4 aromatic rings. The first kappa shape index (κ1) is 30.4. The number of para-hydroxylation sites is 1. The molecule has 0 radical (unpaired) electrons. The van der Waals surface area contributed by atoms with Crippen LogP contribution in [0.5, 0.6) is 5.75 Å². The predicted molar refractivity (Wildman–Crippen MR) is 173 cm³/mol. The van der Waals surface area contributed by atoms with Crippen LogP contribution in [0.2, 0.25) is 0 Å². The van der Waals surface area contributed by atoms with Crippen molar-refractivity contribution in [3.8, 4) is 5.75 Å². The highest BCUT2D eigenvalue weighted by molar-refractivity contribution is 6.11. The van der Waals surface area contributed by atoms with Crippen molar-refractivity contribution in [2.45, 2.75) is 29.6 Å². The van der Waals surface area contributed by atoms with Gasteiger partial charge in [-0.2, -0.15) is 0 Å². The molecular weight excluding hydrogens is 596 g/mol. The number of carbonyl (C=O) groups excluding carboxylic acids is 3. The van der Waals surface area contributed by atoms with Crippen molar-refractivity contribution in [2.24, 2.45) is 5.92 Å². The fourth-order valence-electron chi connectivity index (χ4n) is 7.68. The summed E-state index contributed by atoms with van der Waals surface area (Å²) in [4.78, 5) is 45.6. The van der Waals surface area contributed by atoms with Crippen LogP contribution < -0.4 is 10.1 Å². The molecule has 0 saturated carbocycles. The lowest BCUT2D eigenvalue weighted by atomic mass is 9.65. The molecule has 1 amide bonds. The summed E-state index contributed by atoms with van der Waals surface area (Å²) in [6, 6.07) is 31.0. The SMILES string of the molecule is C=CCOC(=O)[C@H]1[C@@H]2C(=O)O[C@@H](c3ccccc3)[C@@H](c3ccccc3)N2[C@@H](c2cccc(OCCO)c2)[C@]12C(=O)Nc1ccccc12. The molecule has 3 aliphatic rings. The van der Waals surface area contributed by atoms with Crippen LogP contribution in [-0.4, -0.2) is 53.7 Å². The normalized spacial score (nSPS) is 26.2. The Labute approximate surface area is 272 Å². The van der Waals surface area contributed by atoms with Gasteiger partial charge >= 0.3 is 11.9 Å². The van der Waals surface area contributed by atoms with Crippen molar-refractivity contribution in [3.63, 3.8) is 0 Å². The number of fused-ring (bicyclic) bond motifs is 3. The Hall–Kier alpha value is -5.25. The fourth-order valence-corrected chi connectivity index (χ4v) is 7.68. The summed E-state index contributed by atoms with van der Waals surface area (Å²) in [7, 11) is 0. The van der Waals surface area contributed by atoms with E-state index in [0.29, 0.717) is 22.6 Å². The maximum atomic E-state index is 14.7. The van der Waals surface area contributed by atoms with Gasteiger partial charge in [0.15, 0.2) is 0 Å². The number of nitrogens with one attached hydrogen (secondary N) is 1. The lowest BCUT2D eigenvalue weighted by Gasteiger charge is -2.46. The standard InChI is InChI=1S/C38H34N2O7/c1-2-21-46-35(42)30-32-36(43)47-33(25-14-7-4-8-15-25)31(24-12-5-3-6-13-24)40(32)34(26-16-11-17-27(23-26)45-22-20-41)38(30)28-18-9-10-19-29(28)39-37(38)44/h2-19,23,30-34,41H,1,20-22H2,(H,39,44)/t30-,31-,32-,33+,34+,38-/m1/s1. The van der Waals surface area contributed by atoms with E-state index in [9.17, 15) is 19.5 Å². The highest BCUT2D eigenvalue weighted by Gasteiger charge is 2.74. The third-order valence-corrected chi connectivity index (χ3v) is 9.35. The van der Waals surface area contributed by atoms with Crippen LogP contribution in [-0.2, 0) is 29.3 Å². The molecule has 0 aliphatic carbocycles. The van der Waals surface area contributed by atoms with Gasteiger partial charge < -0.3 is 24.6 Å². The molecule has 47 heavy (non-hydrogen) atoms. The van der Waals surface area contributed by atoms with Crippen molar-refractivity contribution >= 4 is 23.5 Å². The maximum absolute atomic E-state index is 14.7. The second kappa shape index (κ2) is 12.5. The molecule has 2 saturated heterocycles. The Morgan fingerprint density at radius 1 is 0.894 bits per heavy atom. The van der Waals surface area contributed by atoms with E-state index in [-0.39, 0.29) is 19.8 Å². The molecule has 0 unspecified atom stereocenters. The molecular formula is C38H34N2O7. The number of carbonyl (C=O) groups is 3. The van der Waals surface area contributed by atoms with Gasteiger partial charge in [0.1, 0.15) is 42.4 Å². The number of hydrogen-bond acceptors (Lipinski definition) is 8. The third-order valence-electron chi connectivity index (χ3n) is 9.35. The van der Waals surface area contributed by atoms with E-state index < -0.39 is 53.4 Å². The number of benzene rings is 4. The zero-order chi connectivity index (χ0) is 32.5. The van der Waals surface area contributed by atoms with Crippen molar-refractivity contribution in [1.29, 1.82) is 0 Å². The first-order valence-electron chi connectivity index (χ1n) is 15.6. The smallest absolute Gasteiger partial charge is 0.325 e. The van der Waals surface area contributed by atoms with Crippen molar-refractivity contribution in [2.75, 3.05) is 25.1 Å². The Bertz CT molecular complexity index is 1810. The number of nitrogens with zero attached hydrogens (tertiary/aromatic N) is 1. The first-order chi connectivity index (χ1) is 23.0. The molecule has 3 aliphatic heterocycles. The van der Waals surface area contributed by atoms with Crippen LogP contribution in [0, 0.1) is 5.92 Å². The van der Waals surface area contributed by atoms with Crippen LogP contribution in [0.4, 0.5) is 5.69 Å². The van der Waals surface area contributed by atoms with Crippen LogP contribution in [0.1, 0.15) is 40.4 Å². The second-order valence-electron chi connectivity index (χ2n) is 11.8. The zero-order valence-electron chi connectivity index (χ0n) is 25.5. The number of morpholine rings is 1. The van der Waals surface area contributed by atoms with Gasteiger partial charge in [0.25, 0.3) is 0 Å². The fraction of sp³-hybridized carbons (Fsp3) is 0.237. The minimum Gasteiger partial charge on any atom is -0.491 e. The summed E-state index contributed by atoms with van der Waals surface area (Å²) < 4.78 is 17.9. The highest BCUT2D eigenvalue weighted by atomic mass is 16.6. The van der Waals surface area contributed by atoms with Gasteiger partial charge in [0.05, 0.1) is 18.7 Å². The molecule has 2 N–H and O–H groups in total. The average Bonchev–Trinajstić information content (AvgIpc) is 3.59. The summed E-state index contributed by atoms with van der Waals surface area (Å²) in [6.45, 7) is 3.49. The number of anilines is 1. The Kier molecular flexibility index (Phi) is 8.09. The molecule has 238 valence electrons. The lowest BCUT2D eigenvalue weighted by Crippen LogP contribution is -2.52. The molecule has 1 spiro atoms. The van der Waals surface area contributed by atoms with Gasteiger partial charge in [-0.05, 0) is 40.5 Å². The minimum absolute atomic E-state index is 0.0699. The highest BCUT2D eigenvalue weighted by Crippen LogP contribution is 2.65. The van der Waals surface area contributed by atoms with Crippen LogP contribution >= 0.6 is 0 Å². The van der Waals surface area contributed by atoms with Crippen molar-refractivity contribution in [3.05, 3.63) is 144 Å². The van der Waals surface area contributed by atoms with Crippen LogP contribution in [0.25, 0.3) is 0 Å². The topological polar surface area (TPSA) is 114 Å². The van der Waals surface area contributed by atoms with Crippen molar-refractivity contribution in [1.82, 2.24) is 4.90 Å². The molecule has 6 atom stereocenters. The molecule has 7 rings (SSSR count). The van der Waals surface area contributed by atoms with Gasteiger partial charge in [0.2, 0.25) is 5.91 Å². The number of hydrogen-bond donors (Lipinski definition) is 2. The second-order valence-corrected chi connectivity index (χ2v) is 11.8. The monoisotopic (exact) mass is 630 g/mol. The van der Waals surface area contributed by atoms with Gasteiger partial charge in [-0.3, -0.25) is 19.3 Å². The van der Waals surface area contributed by atoms with E-state index in [1.165, 1.54) is 6.08 Å². The number of ether oxygens (including phenoxy) is 3. The van der Waals surface area contributed by atoms with Crippen molar-refractivity contribution < 1.29 is 33.7 Å². The summed E-state index contributed by atoms with van der Waals surface area (Å²) in [5, 5.41) is 12.5. The average molecular weight is 631 g/mol. The van der Waals surface area contributed by atoms with Gasteiger partial charge in [-0.25, -0.2) is 0 Å². The quantitative estimate of drug-likeness (QED) is 0.195. The summed E-state index contributed by atoms with van der Waals surface area (Å²) in [5.41, 5.74) is 1.81. The molecule has 4 aromatic carbocycles. The maximum Gasteiger partial charge on any atom is 0.325 e. The van der Waals surface area contributed by atoms with E-state index in [2.05, 4.69) is 11.9 Å². The van der Waals surface area contributed by atoms with E-state index in [1.54, 1.807) is 18.2 Å². The molecule has 0 aromatic heterocycles. The Morgan fingerprint density at radius 2 is 1.57 bits per heavy atom. The van der Waals surface area contributed by atoms with Crippen LogP contribution in [0.3, 0.4) is 0 Å². The number of aliphatic hydroxyl groups is 1. The predicted octanol–water partition coefficient (Wildman–Crippen LogP) is 5.06. The van der Waals surface area contributed by atoms with Gasteiger partial charge in [-0.15, -0.1) is 0 Å². The molecule has 2 fully saturated rings.